The quantitative estimate of drug-likeness (QED) is 0.755. The minimum absolute atomic E-state index is 0.0357. The summed E-state index contributed by atoms with van der Waals surface area (Å²) < 4.78 is 1.82. The van der Waals surface area contributed by atoms with Gasteiger partial charge in [0, 0.05) is 23.6 Å². The van der Waals surface area contributed by atoms with Crippen LogP contribution in [0.15, 0.2) is 48.8 Å². The summed E-state index contributed by atoms with van der Waals surface area (Å²) in [5, 5.41) is 2.80. The molecule has 0 fully saturated rings. The Morgan fingerprint density at radius 3 is 2.68 bits per heavy atom. The lowest BCUT2D eigenvalue weighted by atomic mass is 10.1. The number of carbonyl (C=O) groups is 2. The van der Waals surface area contributed by atoms with Crippen molar-refractivity contribution in [3.63, 3.8) is 0 Å². The number of nitrogens with one attached hydrogen (secondary N) is 1. The van der Waals surface area contributed by atoms with Crippen LogP contribution in [0.2, 0.25) is 0 Å². The molecular weight excluding hydrogens is 278 g/mol. The van der Waals surface area contributed by atoms with Gasteiger partial charge in [-0.25, -0.2) is 4.98 Å². The van der Waals surface area contributed by atoms with Crippen LogP contribution >= 0.6 is 0 Å². The van der Waals surface area contributed by atoms with E-state index < -0.39 is 0 Å². The number of imidazole rings is 1. The first-order valence-electron chi connectivity index (χ1n) is 6.90. The van der Waals surface area contributed by atoms with Crippen LogP contribution in [0.4, 0.5) is 5.69 Å². The van der Waals surface area contributed by atoms with E-state index in [4.69, 9.17) is 0 Å². The predicted molar refractivity (Wildman–Crippen MR) is 84.3 cm³/mol. The zero-order chi connectivity index (χ0) is 15.7. The molecule has 0 saturated heterocycles. The van der Waals surface area contributed by atoms with Crippen molar-refractivity contribution in [2.75, 3.05) is 5.32 Å². The molecule has 22 heavy (non-hydrogen) atoms. The zero-order valence-corrected chi connectivity index (χ0v) is 12.3. The molecule has 0 bridgehead atoms. The Kier molecular flexibility index (Phi) is 3.47. The van der Waals surface area contributed by atoms with Crippen LogP contribution in [-0.4, -0.2) is 21.1 Å². The summed E-state index contributed by atoms with van der Waals surface area (Å²) in [4.78, 5) is 28.0. The van der Waals surface area contributed by atoms with E-state index in [0.29, 0.717) is 16.8 Å². The maximum absolute atomic E-state index is 12.3. The van der Waals surface area contributed by atoms with E-state index in [1.165, 1.54) is 6.92 Å². The molecule has 2 heterocycles. The van der Waals surface area contributed by atoms with E-state index in [0.717, 1.165) is 11.3 Å². The fourth-order valence-corrected chi connectivity index (χ4v) is 2.27. The third-order valence-corrected chi connectivity index (χ3v) is 3.36. The molecule has 110 valence electrons. The molecule has 0 saturated carbocycles. The molecule has 0 aliphatic carbocycles. The third kappa shape index (κ3) is 2.74. The summed E-state index contributed by atoms with van der Waals surface area (Å²) in [6.45, 7) is 3.40. The Labute approximate surface area is 127 Å². The van der Waals surface area contributed by atoms with Crippen LogP contribution in [0.1, 0.15) is 33.3 Å². The molecule has 0 unspecified atom stereocenters. The minimum atomic E-state index is -0.228. The number of rotatable bonds is 3. The van der Waals surface area contributed by atoms with Crippen molar-refractivity contribution in [1.29, 1.82) is 0 Å². The van der Waals surface area contributed by atoms with Crippen molar-refractivity contribution < 1.29 is 9.59 Å². The minimum Gasteiger partial charge on any atom is -0.322 e. The van der Waals surface area contributed by atoms with Gasteiger partial charge in [-0.3, -0.25) is 9.59 Å². The largest absolute Gasteiger partial charge is 0.322 e. The van der Waals surface area contributed by atoms with Gasteiger partial charge in [-0.05, 0) is 38.1 Å². The van der Waals surface area contributed by atoms with Gasteiger partial charge in [-0.1, -0.05) is 12.1 Å². The number of aromatic nitrogens is 2. The first-order valence-corrected chi connectivity index (χ1v) is 6.90. The zero-order valence-electron chi connectivity index (χ0n) is 12.3. The first kappa shape index (κ1) is 14.0. The molecule has 3 rings (SSSR count). The van der Waals surface area contributed by atoms with E-state index in [-0.39, 0.29) is 11.7 Å². The van der Waals surface area contributed by atoms with Crippen LogP contribution in [0, 0.1) is 6.92 Å². The van der Waals surface area contributed by atoms with Crippen LogP contribution in [0.25, 0.3) is 5.65 Å². The average molecular weight is 293 g/mol. The number of anilines is 1. The molecule has 1 amide bonds. The van der Waals surface area contributed by atoms with Gasteiger partial charge in [0.05, 0.1) is 11.3 Å². The maximum atomic E-state index is 12.3. The van der Waals surface area contributed by atoms with E-state index in [1.54, 1.807) is 42.6 Å². The number of carbonyl (C=O) groups excluding carboxylic acids is 2. The van der Waals surface area contributed by atoms with E-state index >= 15 is 0 Å². The van der Waals surface area contributed by atoms with Crippen molar-refractivity contribution in [3.05, 3.63) is 65.6 Å². The molecule has 5 nitrogen and oxygen atoms in total. The van der Waals surface area contributed by atoms with Crippen LogP contribution < -0.4 is 5.32 Å². The summed E-state index contributed by atoms with van der Waals surface area (Å²) >= 11 is 0. The maximum Gasteiger partial charge on any atom is 0.257 e. The number of ketones is 1. The fourth-order valence-electron chi connectivity index (χ4n) is 2.27. The third-order valence-electron chi connectivity index (χ3n) is 3.36. The molecule has 0 aliphatic heterocycles. The highest BCUT2D eigenvalue weighted by Gasteiger charge is 2.09. The summed E-state index contributed by atoms with van der Waals surface area (Å²) in [6.07, 6.45) is 3.60. The molecule has 3 aromatic rings. The molecular formula is C17H15N3O2. The SMILES string of the molecule is CC(=O)c1cccc(NC(=O)c2ccc3nc(C)cn3c2)c1. The lowest BCUT2D eigenvalue weighted by molar-refractivity contribution is 0.101. The normalized spacial score (nSPS) is 10.6. The van der Waals surface area contributed by atoms with Gasteiger partial charge < -0.3 is 9.72 Å². The highest BCUT2D eigenvalue weighted by atomic mass is 16.1. The number of hydrogen-bond acceptors (Lipinski definition) is 3. The number of fused-ring (bicyclic) bond motifs is 1. The molecule has 0 aliphatic rings. The van der Waals surface area contributed by atoms with Gasteiger partial charge in [-0.15, -0.1) is 0 Å². The van der Waals surface area contributed by atoms with Gasteiger partial charge in [-0.2, -0.15) is 0 Å². The van der Waals surface area contributed by atoms with Crippen LogP contribution in [-0.2, 0) is 0 Å². The van der Waals surface area contributed by atoms with Crippen molar-refractivity contribution in [3.8, 4) is 0 Å². The first-order chi connectivity index (χ1) is 10.5. The predicted octanol–water partition coefficient (Wildman–Crippen LogP) is 3.10. The number of Topliss-reactive ketones (excluding diaryl/α,β-unsaturated/α-hetero) is 1. The topological polar surface area (TPSA) is 63.5 Å². The van der Waals surface area contributed by atoms with Gasteiger partial charge >= 0.3 is 0 Å². The van der Waals surface area contributed by atoms with Gasteiger partial charge in [0.15, 0.2) is 5.78 Å². The van der Waals surface area contributed by atoms with Crippen LogP contribution in [0.3, 0.4) is 0 Å². The monoisotopic (exact) mass is 293 g/mol. The fraction of sp³-hybridized carbons (Fsp3) is 0.118. The Morgan fingerprint density at radius 1 is 1.09 bits per heavy atom. The molecule has 0 radical (unpaired) electrons. The highest BCUT2D eigenvalue weighted by Crippen LogP contribution is 2.14. The van der Waals surface area contributed by atoms with E-state index in [2.05, 4.69) is 10.3 Å². The second kappa shape index (κ2) is 5.44. The Bertz CT molecular complexity index is 880. The second-order valence-corrected chi connectivity index (χ2v) is 5.16. The smallest absolute Gasteiger partial charge is 0.257 e. The lowest BCUT2D eigenvalue weighted by Crippen LogP contribution is -2.13. The van der Waals surface area contributed by atoms with Gasteiger partial charge in [0.25, 0.3) is 5.91 Å². The standard InChI is InChI=1S/C17H15N3O2/c1-11-9-20-10-14(6-7-16(20)18-11)17(22)19-15-5-3-4-13(8-15)12(2)21/h3-10H,1-2H3,(H,19,22). The number of nitrogens with zero attached hydrogens (tertiary/aromatic N) is 2. The second-order valence-electron chi connectivity index (χ2n) is 5.16. The Hall–Kier alpha value is -2.95. The average Bonchev–Trinajstić information content (AvgIpc) is 2.86. The number of pyridine rings is 1. The van der Waals surface area contributed by atoms with E-state index in [9.17, 15) is 9.59 Å². The Balaban J connectivity index is 1.86. The Morgan fingerprint density at radius 2 is 1.91 bits per heavy atom. The number of amides is 1. The summed E-state index contributed by atoms with van der Waals surface area (Å²) in [5.74, 6) is -0.264. The molecule has 1 N–H and O–H groups in total. The highest BCUT2D eigenvalue weighted by molar-refractivity contribution is 6.05. The van der Waals surface area contributed by atoms with Crippen LogP contribution in [0.5, 0.6) is 0 Å². The number of aryl methyl sites for hydroxylation is 1. The van der Waals surface area contributed by atoms with Crippen molar-refractivity contribution in [1.82, 2.24) is 9.38 Å². The molecule has 1 aromatic carbocycles. The van der Waals surface area contributed by atoms with E-state index in [1.807, 2.05) is 17.5 Å². The number of benzene rings is 1. The summed E-state index contributed by atoms with van der Waals surface area (Å²) in [6, 6.07) is 10.4. The molecule has 5 heteroatoms. The van der Waals surface area contributed by atoms with Gasteiger partial charge in [0.2, 0.25) is 0 Å². The van der Waals surface area contributed by atoms with Crippen molar-refractivity contribution >= 4 is 23.0 Å². The molecule has 0 atom stereocenters. The summed E-state index contributed by atoms with van der Waals surface area (Å²) in [5.41, 5.74) is 3.38. The van der Waals surface area contributed by atoms with Gasteiger partial charge in [0.1, 0.15) is 5.65 Å². The van der Waals surface area contributed by atoms with Crippen molar-refractivity contribution in [2.45, 2.75) is 13.8 Å². The molecule has 2 aromatic heterocycles. The lowest BCUT2D eigenvalue weighted by Gasteiger charge is -2.07. The number of hydrogen-bond donors (Lipinski definition) is 1. The van der Waals surface area contributed by atoms with Crippen molar-refractivity contribution in [2.24, 2.45) is 0 Å². The summed E-state index contributed by atoms with van der Waals surface area (Å²) in [7, 11) is 0. The molecule has 0 spiro atoms.